The lowest BCUT2D eigenvalue weighted by molar-refractivity contribution is -0.116. The van der Waals surface area contributed by atoms with Crippen LogP contribution in [0, 0.1) is 17.1 Å². The third-order valence-electron chi connectivity index (χ3n) is 2.95. The number of benzene rings is 2. The summed E-state index contributed by atoms with van der Waals surface area (Å²) in [6.45, 7) is 0. The average molecular weight is 284 g/mol. The summed E-state index contributed by atoms with van der Waals surface area (Å²) < 4.78 is 18.1. The highest BCUT2D eigenvalue weighted by Gasteiger charge is 2.21. The number of carbonyl (C=O) groups excluding carboxylic acids is 1. The predicted octanol–water partition coefficient (Wildman–Crippen LogP) is 3.08. The quantitative estimate of drug-likeness (QED) is 0.938. The number of nitriles is 1. The molecule has 0 saturated carbocycles. The molecule has 21 heavy (non-hydrogen) atoms. The molecule has 5 heteroatoms. The molecule has 1 unspecified atom stereocenters. The van der Waals surface area contributed by atoms with Crippen molar-refractivity contribution in [3.05, 3.63) is 59.9 Å². The third-order valence-corrected chi connectivity index (χ3v) is 2.95. The Balaban J connectivity index is 2.23. The Hall–Kier alpha value is -2.87. The molecule has 0 radical (unpaired) electrons. The number of methoxy groups -OCH3 is 1. The fourth-order valence-corrected chi connectivity index (χ4v) is 1.90. The van der Waals surface area contributed by atoms with E-state index < -0.39 is 17.6 Å². The molecular formula is C16H13FN2O2. The van der Waals surface area contributed by atoms with E-state index in [0.29, 0.717) is 11.3 Å². The molecule has 0 aliphatic carbocycles. The van der Waals surface area contributed by atoms with Gasteiger partial charge in [0.1, 0.15) is 11.6 Å². The number of anilines is 1. The second kappa shape index (κ2) is 6.53. The molecule has 2 aromatic carbocycles. The molecule has 0 aliphatic heterocycles. The molecule has 0 saturated heterocycles. The van der Waals surface area contributed by atoms with Crippen LogP contribution >= 0.6 is 0 Å². The van der Waals surface area contributed by atoms with Crippen LogP contribution < -0.4 is 10.1 Å². The van der Waals surface area contributed by atoms with Gasteiger partial charge in [0.05, 0.1) is 18.9 Å². The maximum Gasteiger partial charge on any atom is 0.246 e. The number of halogens is 1. The summed E-state index contributed by atoms with van der Waals surface area (Å²) in [5.41, 5.74) is 0.915. The van der Waals surface area contributed by atoms with Gasteiger partial charge < -0.3 is 10.1 Å². The molecule has 0 aromatic heterocycles. The van der Waals surface area contributed by atoms with Crippen LogP contribution in [0.15, 0.2) is 48.5 Å². The van der Waals surface area contributed by atoms with Crippen molar-refractivity contribution in [1.29, 1.82) is 5.26 Å². The summed E-state index contributed by atoms with van der Waals surface area (Å²) in [4.78, 5) is 12.2. The molecule has 2 rings (SSSR count). The van der Waals surface area contributed by atoms with Crippen molar-refractivity contribution < 1.29 is 13.9 Å². The summed E-state index contributed by atoms with van der Waals surface area (Å²) in [7, 11) is 1.38. The first kappa shape index (κ1) is 14.5. The summed E-state index contributed by atoms with van der Waals surface area (Å²) in [6.07, 6.45) is 0. The lowest BCUT2D eigenvalue weighted by Crippen LogP contribution is -2.20. The first-order valence-electron chi connectivity index (χ1n) is 6.24. The number of ether oxygens (including phenoxy) is 1. The Morgan fingerprint density at radius 1 is 1.29 bits per heavy atom. The number of amides is 1. The van der Waals surface area contributed by atoms with Crippen molar-refractivity contribution >= 4 is 11.6 Å². The molecule has 106 valence electrons. The van der Waals surface area contributed by atoms with E-state index in [1.54, 1.807) is 30.3 Å². The number of nitrogens with zero attached hydrogens (tertiary/aromatic N) is 1. The van der Waals surface area contributed by atoms with Crippen LogP contribution in [0.5, 0.6) is 5.75 Å². The molecule has 2 aromatic rings. The average Bonchev–Trinajstić information content (AvgIpc) is 2.51. The molecule has 1 atom stereocenters. The topological polar surface area (TPSA) is 62.1 Å². The van der Waals surface area contributed by atoms with Gasteiger partial charge in [-0.15, -0.1) is 0 Å². The minimum Gasteiger partial charge on any atom is -0.494 e. The second-order valence-corrected chi connectivity index (χ2v) is 4.31. The van der Waals surface area contributed by atoms with Gasteiger partial charge >= 0.3 is 0 Å². The van der Waals surface area contributed by atoms with Gasteiger partial charge in [-0.05, 0) is 17.7 Å². The zero-order chi connectivity index (χ0) is 15.2. The normalized spacial score (nSPS) is 11.3. The highest BCUT2D eigenvalue weighted by atomic mass is 19.1. The minimum absolute atomic E-state index is 0.202. The van der Waals surface area contributed by atoms with Crippen molar-refractivity contribution in [3.8, 4) is 11.8 Å². The van der Waals surface area contributed by atoms with E-state index in [1.807, 2.05) is 6.07 Å². The maximum absolute atomic E-state index is 13.1. The van der Waals surface area contributed by atoms with Crippen LogP contribution in [0.1, 0.15) is 11.5 Å². The minimum atomic E-state index is -0.944. The number of rotatable bonds is 4. The lowest BCUT2D eigenvalue weighted by Gasteiger charge is -2.13. The monoisotopic (exact) mass is 284 g/mol. The number of nitrogens with one attached hydrogen (secondary N) is 1. The largest absolute Gasteiger partial charge is 0.494 e. The van der Waals surface area contributed by atoms with Crippen molar-refractivity contribution in [1.82, 2.24) is 0 Å². The van der Waals surface area contributed by atoms with Crippen molar-refractivity contribution in [2.24, 2.45) is 0 Å². The van der Waals surface area contributed by atoms with Gasteiger partial charge in [0.15, 0.2) is 5.92 Å². The molecule has 0 bridgehead atoms. The standard InChI is InChI=1S/C16H13FN2O2/c1-21-15-9-12(17)7-8-14(15)19-16(20)13(10-18)11-5-3-2-4-6-11/h2-9,13H,1H3,(H,19,20). The van der Waals surface area contributed by atoms with Crippen LogP contribution in [0.3, 0.4) is 0 Å². The number of hydrogen-bond donors (Lipinski definition) is 1. The summed E-state index contributed by atoms with van der Waals surface area (Å²) in [5.74, 6) is -1.70. The summed E-state index contributed by atoms with van der Waals surface area (Å²) in [6, 6.07) is 14.5. The molecule has 1 N–H and O–H groups in total. The predicted molar refractivity (Wildman–Crippen MR) is 76.4 cm³/mol. The molecule has 1 amide bonds. The Labute approximate surface area is 121 Å². The van der Waals surface area contributed by atoms with E-state index in [1.165, 1.54) is 25.3 Å². The number of hydrogen-bond acceptors (Lipinski definition) is 3. The van der Waals surface area contributed by atoms with E-state index in [4.69, 9.17) is 4.74 Å². The fraction of sp³-hybridized carbons (Fsp3) is 0.125. The van der Waals surface area contributed by atoms with Gasteiger partial charge in [-0.2, -0.15) is 5.26 Å². The molecule has 0 heterocycles. The Morgan fingerprint density at radius 2 is 2.00 bits per heavy atom. The van der Waals surface area contributed by atoms with Gasteiger partial charge in [0.2, 0.25) is 5.91 Å². The zero-order valence-electron chi connectivity index (χ0n) is 11.3. The van der Waals surface area contributed by atoms with Gasteiger partial charge in [-0.25, -0.2) is 4.39 Å². The summed E-state index contributed by atoms with van der Waals surface area (Å²) >= 11 is 0. The Morgan fingerprint density at radius 3 is 2.62 bits per heavy atom. The highest BCUT2D eigenvalue weighted by molar-refractivity contribution is 5.98. The van der Waals surface area contributed by atoms with E-state index in [-0.39, 0.29) is 5.75 Å². The SMILES string of the molecule is COc1cc(F)ccc1NC(=O)C(C#N)c1ccccc1. The van der Waals surface area contributed by atoms with Gasteiger partial charge in [-0.3, -0.25) is 4.79 Å². The fourth-order valence-electron chi connectivity index (χ4n) is 1.90. The smallest absolute Gasteiger partial charge is 0.246 e. The molecular weight excluding hydrogens is 271 g/mol. The Kier molecular flexibility index (Phi) is 4.52. The summed E-state index contributed by atoms with van der Waals surface area (Å²) in [5, 5.41) is 11.8. The lowest BCUT2D eigenvalue weighted by atomic mass is 10.00. The van der Waals surface area contributed by atoms with E-state index >= 15 is 0 Å². The van der Waals surface area contributed by atoms with Gasteiger partial charge in [-0.1, -0.05) is 30.3 Å². The van der Waals surface area contributed by atoms with Gasteiger partial charge in [0, 0.05) is 6.07 Å². The van der Waals surface area contributed by atoms with Crippen LogP contribution in [-0.4, -0.2) is 13.0 Å². The van der Waals surface area contributed by atoms with Gasteiger partial charge in [0.25, 0.3) is 0 Å². The van der Waals surface area contributed by atoms with Crippen LogP contribution in [0.25, 0.3) is 0 Å². The second-order valence-electron chi connectivity index (χ2n) is 4.31. The van der Waals surface area contributed by atoms with Crippen LogP contribution in [0.2, 0.25) is 0 Å². The maximum atomic E-state index is 13.1. The number of carbonyl (C=O) groups is 1. The van der Waals surface area contributed by atoms with E-state index in [2.05, 4.69) is 5.32 Å². The molecule has 0 spiro atoms. The molecule has 0 fully saturated rings. The van der Waals surface area contributed by atoms with Crippen molar-refractivity contribution in [2.45, 2.75) is 5.92 Å². The third kappa shape index (κ3) is 3.37. The molecule has 4 nitrogen and oxygen atoms in total. The first-order valence-corrected chi connectivity index (χ1v) is 6.24. The van der Waals surface area contributed by atoms with Crippen molar-refractivity contribution in [2.75, 3.05) is 12.4 Å². The van der Waals surface area contributed by atoms with Crippen LogP contribution in [-0.2, 0) is 4.79 Å². The van der Waals surface area contributed by atoms with E-state index in [0.717, 1.165) is 0 Å². The highest BCUT2D eigenvalue weighted by Crippen LogP contribution is 2.26. The van der Waals surface area contributed by atoms with Crippen LogP contribution in [0.4, 0.5) is 10.1 Å². The van der Waals surface area contributed by atoms with Crippen molar-refractivity contribution in [3.63, 3.8) is 0 Å². The molecule has 0 aliphatic rings. The Bertz CT molecular complexity index is 680. The first-order chi connectivity index (χ1) is 10.2. The van der Waals surface area contributed by atoms with E-state index in [9.17, 15) is 14.4 Å². The zero-order valence-corrected chi connectivity index (χ0v) is 11.3.